The topological polar surface area (TPSA) is 35.2 Å². The van der Waals surface area contributed by atoms with E-state index < -0.39 is 0 Å². The van der Waals surface area contributed by atoms with Gasteiger partial charge in [0.25, 0.3) is 0 Å². The van der Waals surface area contributed by atoms with Gasteiger partial charge < -0.3 is 10.5 Å². The molecule has 0 radical (unpaired) electrons. The van der Waals surface area contributed by atoms with E-state index in [9.17, 15) is 0 Å². The van der Waals surface area contributed by atoms with Crippen molar-refractivity contribution in [1.29, 1.82) is 0 Å². The smallest absolute Gasteiger partial charge is 0.119 e. The molecule has 0 aliphatic rings. The van der Waals surface area contributed by atoms with Crippen LogP contribution in [0.1, 0.15) is 24.0 Å². The Bertz CT molecular complexity index is 556. The molecule has 1 atom stereocenters. The lowest BCUT2D eigenvalue weighted by Crippen LogP contribution is -2.15. The zero-order valence-corrected chi connectivity index (χ0v) is 13.3. The molecule has 2 rings (SSSR count). The molecular weight excluding hydrogens is 314 g/mol. The summed E-state index contributed by atoms with van der Waals surface area (Å²) in [4.78, 5) is 0. The van der Waals surface area contributed by atoms with Gasteiger partial charge in [0.15, 0.2) is 0 Å². The Balaban J connectivity index is 2.20. The predicted octanol–water partition coefficient (Wildman–Crippen LogP) is 4.13. The highest BCUT2D eigenvalue weighted by molar-refractivity contribution is 9.10. The lowest BCUT2D eigenvalue weighted by molar-refractivity contribution is 0.339. The molecule has 0 aromatic heterocycles. The van der Waals surface area contributed by atoms with Crippen molar-refractivity contribution in [2.24, 2.45) is 5.73 Å². The fourth-order valence-electron chi connectivity index (χ4n) is 2.29. The molecule has 0 saturated carbocycles. The van der Waals surface area contributed by atoms with E-state index >= 15 is 0 Å². The fraction of sp³-hybridized carbons (Fsp3) is 0.294. The van der Waals surface area contributed by atoms with E-state index in [4.69, 9.17) is 10.5 Å². The normalized spacial score (nSPS) is 12.2. The summed E-state index contributed by atoms with van der Waals surface area (Å²) in [6, 6.07) is 16.5. The minimum absolute atomic E-state index is 0.300. The molecule has 0 spiro atoms. The molecule has 0 bridgehead atoms. The lowest BCUT2D eigenvalue weighted by Gasteiger charge is -2.17. The maximum atomic E-state index is 5.97. The Kier molecular flexibility index (Phi) is 5.62. The number of halogens is 1. The summed E-state index contributed by atoms with van der Waals surface area (Å²) in [5.41, 5.74) is 8.48. The molecule has 0 aliphatic heterocycles. The third-order valence-electron chi connectivity index (χ3n) is 3.35. The quantitative estimate of drug-likeness (QED) is 0.862. The molecule has 2 N–H and O–H groups in total. The van der Waals surface area contributed by atoms with Gasteiger partial charge in [-0.15, -0.1) is 0 Å². The molecule has 0 amide bonds. The van der Waals surface area contributed by atoms with Crippen LogP contribution in [0, 0.1) is 0 Å². The largest absolute Gasteiger partial charge is 0.494 e. The Hall–Kier alpha value is -1.32. The van der Waals surface area contributed by atoms with E-state index in [1.165, 1.54) is 11.1 Å². The van der Waals surface area contributed by atoms with Crippen molar-refractivity contribution in [1.82, 2.24) is 0 Å². The van der Waals surface area contributed by atoms with Gasteiger partial charge in [-0.1, -0.05) is 46.3 Å². The van der Waals surface area contributed by atoms with Crippen molar-refractivity contribution in [3.05, 3.63) is 64.1 Å². The van der Waals surface area contributed by atoms with Crippen LogP contribution in [-0.4, -0.2) is 13.2 Å². The van der Waals surface area contributed by atoms with Crippen LogP contribution < -0.4 is 10.5 Å². The summed E-state index contributed by atoms with van der Waals surface area (Å²) in [6.45, 7) is 3.30. The molecule has 0 heterocycles. The average molecular weight is 334 g/mol. The SMILES string of the molecule is CCOc1cccc(C(CN)Cc2ccccc2Br)c1. The van der Waals surface area contributed by atoms with Crippen LogP contribution in [-0.2, 0) is 6.42 Å². The van der Waals surface area contributed by atoms with Crippen molar-refractivity contribution in [2.45, 2.75) is 19.3 Å². The molecule has 3 heteroatoms. The first-order valence-electron chi connectivity index (χ1n) is 6.90. The van der Waals surface area contributed by atoms with Crippen LogP contribution in [0.2, 0.25) is 0 Å². The van der Waals surface area contributed by atoms with Crippen molar-refractivity contribution < 1.29 is 4.74 Å². The third kappa shape index (κ3) is 3.84. The Morgan fingerprint density at radius 1 is 1.15 bits per heavy atom. The number of rotatable bonds is 6. The van der Waals surface area contributed by atoms with Gasteiger partial charge in [-0.05, 0) is 49.2 Å². The highest BCUT2D eigenvalue weighted by Crippen LogP contribution is 2.27. The molecule has 1 unspecified atom stereocenters. The molecule has 0 fully saturated rings. The van der Waals surface area contributed by atoms with Gasteiger partial charge in [0.05, 0.1) is 6.61 Å². The third-order valence-corrected chi connectivity index (χ3v) is 4.12. The van der Waals surface area contributed by atoms with Gasteiger partial charge in [-0.25, -0.2) is 0 Å². The predicted molar refractivity (Wildman–Crippen MR) is 87.3 cm³/mol. The van der Waals surface area contributed by atoms with Crippen LogP contribution in [0.25, 0.3) is 0 Å². The maximum absolute atomic E-state index is 5.97. The summed E-state index contributed by atoms with van der Waals surface area (Å²) in [5, 5.41) is 0. The highest BCUT2D eigenvalue weighted by atomic mass is 79.9. The zero-order chi connectivity index (χ0) is 14.4. The number of hydrogen-bond acceptors (Lipinski definition) is 2. The number of ether oxygens (including phenoxy) is 1. The summed E-state index contributed by atoms with van der Waals surface area (Å²) in [5.74, 6) is 1.21. The monoisotopic (exact) mass is 333 g/mol. The highest BCUT2D eigenvalue weighted by Gasteiger charge is 2.13. The molecule has 0 saturated heterocycles. The van der Waals surface area contributed by atoms with Crippen molar-refractivity contribution in [2.75, 3.05) is 13.2 Å². The molecule has 2 aromatic carbocycles. The van der Waals surface area contributed by atoms with Crippen LogP contribution >= 0.6 is 15.9 Å². The van der Waals surface area contributed by atoms with Crippen LogP contribution in [0.4, 0.5) is 0 Å². The zero-order valence-electron chi connectivity index (χ0n) is 11.7. The van der Waals surface area contributed by atoms with Gasteiger partial charge in [0.1, 0.15) is 5.75 Å². The second-order valence-corrected chi connectivity index (χ2v) is 5.59. The van der Waals surface area contributed by atoms with E-state index in [-0.39, 0.29) is 0 Å². The summed E-state index contributed by atoms with van der Waals surface area (Å²) in [6.07, 6.45) is 0.924. The molecule has 0 aliphatic carbocycles. The average Bonchev–Trinajstić information content (AvgIpc) is 2.47. The van der Waals surface area contributed by atoms with Crippen molar-refractivity contribution in [3.63, 3.8) is 0 Å². The van der Waals surface area contributed by atoms with Gasteiger partial charge in [0.2, 0.25) is 0 Å². The Morgan fingerprint density at radius 3 is 2.65 bits per heavy atom. The van der Waals surface area contributed by atoms with Crippen molar-refractivity contribution >= 4 is 15.9 Å². The first-order valence-corrected chi connectivity index (χ1v) is 7.70. The maximum Gasteiger partial charge on any atom is 0.119 e. The van der Waals surface area contributed by atoms with Crippen LogP contribution in [0.5, 0.6) is 5.75 Å². The molecule has 106 valence electrons. The minimum atomic E-state index is 0.300. The minimum Gasteiger partial charge on any atom is -0.494 e. The molecule has 2 aromatic rings. The van der Waals surface area contributed by atoms with Gasteiger partial charge in [-0.3, -0.25) is 0 Å². The van der Waals surface area contributed by atoms with E-state index in [1.807, 2.05) is 25.1 Å². The van der Waals surface area contributed by atoms with Gasteiger partial charge in [0, 0.05) is 10.4 Å². The standard InChI is InChI=1S/C17H20BrNO/c1-2-20-16-8-5-7-13(11-16)15(12-19)10-14-6-3-4-9-17(14)18/h3-9,11,15H,2,10,12,19H2,1H3. The summed E-state index contributed by atoms with van der Waals surface area (Å²) in [7, 11) is 0. The summed E-state index contributed by atoms with van der Waals surface area (Å²) < 4.78 is 6.70. The lowest BCUT2D eigenvalue weighted by atomic mass is 9.92. The molecule has 20 heavy (non-hydrogen) atoms. The first kappa shape index (κ1) is 15.1. The second kappa shape index (κ2) is 7.46. The van der Waals surface area contributed by atoms with Gasteiger partial charge in [-0.2, -0.15) is 0 Å². The summed E-state index contributed by atoms with van der Waals surface area (Å²) >= 11 is 3.60. The Morgan fingerprint density at radius 2 is 1.95 bits per heavy atom. The second-order valence-electron chi connectivity index (χ2n) is 4.73. The number of hydrogen-bond donors (Lipinski definition) is 1. The molecule has 2 nitrogen and oxygen atoms in total. The number of benzene rings is 2. The van der Waals surface area contributed by atoms with Crippen LogP contribution in [0.15, 0.2) is 53.0 Å². The van der Waals surface area contributed by atoms with E-state index in [0.29, 0.717) is 19.1 Å². The molecular formula is C17H20BrNO. The number of nitrogens with two attached hydrogens (primary N) is 1. The first-order chi connectivity index (χ1) is 9.74. The van der Waals surface area contributed by atoms with Gasteiger partial charge >= 0.3 is 0 Å². The van der Waals surface area contributed by atoms with E-state index in [2.05, 4.69) is 46.3 Å². The Labute approximate surface area is 129 Å². The fourth-order valence-corrected chi connectivity index (χ4v) is 2.74. The van der Waals surface area contributed by atoms with E-state index in [1.54, 1.807) is 0 Å². The van der Waals surface area contributed by atoms with E-state index in [0.717, 1.165) is 16.6 Å². The van der Waals surface area contributed by atoms with Crippen LogP contribution in [0.3, 0.4) is 0 Å². The van der Waals surface area contributed by atoms with Crippen molar-refractivity contribution in [3.8, 4) is 5.75 Å².